The first-order valence-electron chi connectivity index (χ1n) is 41.3. The number of guanidine groups is 2. The number of aryl methyl sites for hydroxylation is 1. The Labute approximate surface area is 725 Å². The number of hydrogen-bond donors (Lipinski definition) is 15. The Morgan fingerprint density at radius 2 is 0.881 bits per heavy atom. The van der Waals surface area contributed by atoms with Crippen molar-refractivity contribution in [3.8, 4) is 5.75 Å². The third-order valence-corrected chi connectivity index (χ3v) is 21.7. The van der Waals surface area contributed by atoms with Crippen LogP contribution in [0.5, 0.6) is 5.75 Å². The lowest BCUT2D eigenvalue weighted by Crippen LogP contribution is -2.59. The number of rotatable bonds is 48. The molecule has 39 heteroatoms. The third-order valence-electron chi connectivity index (χ3n) is 21.7. The lowest BCUT2D eigenvalue weighted by atomic mass is 9.55. The monoisotopic (exact) mass is 1740 g/mol. The first-order chi connectivity index (χ1) is 60.6. The van der Waals surface area contributed by atoms with Crippen molar-refractivity contribution in [2.45, 2.75) is 178 Å². The molecule has 11 atom stereocenters. The first-order valence-corrected chi connectivity index (χ1v) is 41.3. The van der Waals surface area contributed by atoms with E-state index in [0.29, 0.717) is 40.5 Å². The van der Waals surface area contributed by atoms with Gasteiger partial charge in [0.05, 0.1) is 58.8 Å². The third kappa shape index (κ3) is 31.7. The number of esters is 4. The molecule has 0 bridgehead atoms. The number of carbonyl (C=O) groups excluding carboxylic acids is 12. The Hall–Kier alpha value is -14.0. The number of fused-ring (bicyclic) bond motifs is 5. The molecule has 126 heavy (non-hydrogen) atoms. The Morgan fingerprint density at radius 3 is 1.36 bits per heavy atom. The first kappa shape index (κ1) is 95.8. The van der Waals surface area contributed by atoms with Gasteiger partial charge in [0.1, 0.15) is 61.9 Å². The molecule has 6 aromatic carbocycles. The van der Waals surface area contributed by atoms with Gasteiger partial charge in [-0.15, -0.1) is 0 Å². The molecule has 0 radical (unpaired) electrons. The van der Waals surface area contributed by atoms with Crippen LogP contribution in [0, 0.1) is 48.3 Å². The summed E-state index contributed by atoms with van der Waals surface area (Å²) in [6.07, 6.45) is 1.10. The average Bonchev–Trinajstić information content (AvgIpc) is 1.53. The van der Waals surface area contributed by atoms with Gasteiger partial charge in [0.2, 0.25) is 47.3 Å². The highest BCUT2D eigenvalue weighted by atomic mass is 16.7. The number of phenolic OH excluding ortho intramolecular Hbond substituents is 1. The number of hydrazine groups is 2. The van der Waals surface area contributed by atoms with Gasteiger partial charge in [-0.3, -0.25) is 63.6 Å². The van der Waals surface area contributed by atoms with E-state index in [2.05, 4.69) is 60.1 Å². The van der Waals surface area contributed by atoms with Crippen LogP contribution in [0.15, 0.2) is 170 Å². The summed E-state index contributed by atoms with van der Waals surface area (Å²) >= 11 is 0. The second kappa shape index (κ2) is 49.3. The van der Waals surface area contributed by atoms with Crippen molar-refractivity contribution in [2.75, 3.05) is 39.4 Å². The second-order valence-electron chi connectivity index (χ2n) is 30.8. The molecule has 0 unspecified atom stereocenters. The van der Waals surface area contributed by atoms with E-state index in [-0.39, 0.29) is 95.3 Å². The molecular formula is C87H106N16O23. The van der Waals surface area contributed by atoms with Crippen LogP contribution in [0.1, 0.15) is 135 Å². The number of amides is 8. The van der Waals surface area contributed by atoms with E-state index in [4.69, 9.17) is 39.2 Å². The minimum Gasteiger partial charge on any atom is -0.508 e. The quantitative estimate of drug-likeness (QED) is 0.00492. The average molecular weight is 1740 g/mol. The fourth-order valence-electron chi connectivity index (χ4n) is 15.4. The molecule has 8 amide bonds. The van der Waals surface area contributed by atoms with Crippen LogP contribution >= 0.6 is 0 Å². The van der Waals surface area contributed by atoms with Crippen LogP contribution in [-0.4, -0.2) is 180 Å². The maximum atomic E-state index is 14.9. The fourth-order valence-corrected chi connectivity index (χ4v) is 15.4. The van der Waals surface area contributed by atoms with Crippen LogP contribution in [-0.2, 0) is 125 Å². The zero-order valence-electron chi connectivity index (χ0n) is 69.4. The van der Waals surface area contributed by atoms with Crippen LogP contribution in [0.25, 0.3) is 0 Å². The highest BCUT2D eigenvalue weighted by Gasteiger charge is 2.56. The van der Waals surface area contributed by atoms with Crippen molar-refractivity contribution in [3.05, 3.63) is 229 Å². The Kier molecular flexibility index (Phi) is 37.5. The molecule has 6 aromatic rings. The largest absolute Gasteiger partial charge is 0.508 e. The predicted molar refractivity (Wildman–Crippen MR) is 450 cm³/mol. The summed E-state index contributed by atoms with van der Waals surface area (Å²) in [7, 11) is 0. The normalized spacial score (nSPS) is 17.2. The predicted octanol–water partition coefficient (Wildman–Crippen LogP) is 3.70. The minimum absolute atomic E-state index is 0.00936. The molecule has 672 valence electrons. The van der Waals surface area contributed by atoms with E-state index < -0.39 is 181 Å². The topological polar surface area (TPSA) is 559 Å². The smallest absolute Gasteiger partial charge is 0.331 e. The SMILES string of the molecule is C[C@]12CC[C@@H]3c4ccc(O)cc4CC[C@H]3[C@@H]1CC[C@@H]2OC(=O)CCC(=O)N[C@@H](CCCNC(=N)N[N+](=O)[O-])C(=O)NCC(=O)N[C@@H](CC(=O)OCc1ccccc1)C(=O)N[C@@H](COCc1ccccc1)C(=O)N[C@@H](CCCNC(=N)N[N+](=O)[O-])C(=O)NCC(=O)N[C@@H](CC(=O)OCc1ccccc1)C(=O)N[C@@H](COCc1ccccc1)C(=O)OCc1ccccc1. The number of nitro groups is 2. The highest BCUT2D eigenvalue weighted by Crippen LogP contribution is 2.61. The summed E-state index contributed by atoms with van der Waals surface area (Å²) < 4.78 is 34.5. The molecule has 0 spiro atoms. The molecule has 2 fully saturated rings. The summed E-state index contributed by atoms with van der Waals surface area (Å²) in [6, 6.07) is 38.0. The van der Waals surface area contributed by atoms with E-state index in [0.717, 1.165) is 43.2 Å². The lowest BCUT2D eigenvalue weighted by molar-refractivity contribution is -0.525. The van der Waals surface area contributed by atoms with Crippen molar-refractivity contribution < 1.29 is 101 Å². The van der Waals surface area contributed by atoms with Crippen molar-refractivity contribution in [1.82, 2.24) is 64.0 Å². The zero-order chi connectivity index (χ0) is 90.3. The number of ether oxygens (including phenoxy) is 6. The summed E-state index contributed by atoms with van der Waals surface area (Å²) in [6.45, 7) is -2.30. The van der Waals surface area contributed by atoms with Crippen molar-refractivity contribution in [3.63, 3.8) is 0 Å². The van der Waals surface area contributed by atoms with E-state index in [1.54, 1.807) is 169 Å². The fraction of sp³-hybridized carbons (Fsp3) is 0.425. The molecular weight excluding hydrogens is 1640 g/mol. The van der Waals surface area contributed by atoms with Gasteiger partial charge in [-0.25, -0.2) is 25.0 Å². The van der Waals surface area contributed by atoms with Gasteiger partial charge < -0.3 is 86.7 Å². The molecule has 0 aromatic heterocycles. The van der Waals surface area contributed by atoms with Gasteiger partial charge in [0.15, 0.2) is 16.1 Å². The molecule has 39 nitrogen and oxygen atoms in total. The number of hydrogen-bond acceptors (Lipinski definition) is 25. The maximum absolute atomic E-state index is 14.9. The van der Waals surface area contributed by atoms with Gasteiger partial charge >= 0.3 is 23.9 Å². The second-order valence-corrected chi connectivity index (χ2v) is 30.8. The number of aromatic hydroxyl groups is 1. The van der Waals surface area contributed by atoms with E-state index >= 15 is 0 Å². The number of nitrogens with zero attached hydrogens (tertiary/aromatic N) is 2. The van der Waals surface area contributed by atoms with Gasteiger partial charge in [0.25, 0.3) is 11.9 Å². The maximum Gasteiger partial charge on any atom is 0.331 e. The molecule has 9 rings (SSSR count). The number of carbonyl (C=O) groups is 12. The lowest BCUT2D eigenvalue weighted by Gasteiger charge is -2.50. The van der Waals surface area contributed by atoms with Crippen molar-refractivity contribution in [1.29, 1.82) is 10.8 Å². The van der Waals surface area contributed by atoms with E-state index in [9.17, 15) is 82.9 Å². The molecule has 3 aliphatic rings. The molecule has 0 heterocycles. The van der Waals surface area contributed by atoms with Crippen LogP contribution in [0.4, 0.5) is 0 Å². The Morgan fingerprint density at radius 1 is 0.460 bits per heavy atom. The van der Waals surface area contributed by atoms with Gasteiger partial charge in [0, 0.05) is 24.9 Å². The number of phenols is 1. The standard InChI is InChI=1S/C87H106N16O23/c1-87-40-39-63-62-34-32-61(104)43-60(62)31-33-64(63)65(87)35-36-72(87)126-76(108)38-37-73(105)94-66(29-17-41-90-85(88)100-102(117)118)79(111)92-46-74(106)95-68(44-77(109)123-50-57-23-11-4-12-24-57)81(113)98-70(53-121-48-55-19-7-2-8-20-55)83(115)97-67(30-18-42-91-86(89)101-103(119)120)80(112)93-47-75(107)96-69(45-78(110)124-51-58-25-13-5-14-26-58)82(114)99-71(54-122-49-56-21-9-3-10-22-56)84(116)125-52-59-27-15-6-16-28-59/h2-16,19-28,32,34,43,63-72,104H,17-18,29-31,33,35-42,44-54H2,1H3,(H,92,111)(H,93,112)(H,94,105)(H,95,106)(H,96,107)(H,97,115)(H,98,113)(H,99,114)(H3,88,90,100)(H3,89,91,101)/t63-,64-,65+,66+,67+,68+,69+,70+,71+,72+,87+/m1/s1. The van der Waals surface area contributed by atoms with Crippen LogP contribution in [0.2, 0.25) is 0 Å². The van der Waals surface area contributed by atoms with Crippen molar-refractivity contribution in [2.24, 2.45) is 17.3 Å². The molecule has 0 saturated heterocycles. The van der Waals surface area contributed by atoms with Gasteiger partial charge in [-0.1, -0.05) is 176 Å². The molecule has 2 saturated carbocycles. The Bertz CT molecular complexity index is 4740. The molecule has 3 aliphatic carbocycles. The Balaban J connectivity index is 0.888. The molecule has 15 N–H and O–H groups in total. The highest BCUT2D eigenvalue weighted by molar-refractivity contribution is 5.98. The van der Waals surface area contributed by atoms with Crippen LogP contribution < -0.4 is 64.0 Å². The minimum atomic E-state index is -1.95. The molecule has 0 aliphatic heterocycles. The van der Waals surface area contributed by atoms with Crippen molar-refractivity contribution >= 4 is 83.1 Å². The van der Waals surface area contributed by atoms with Gasteiger partial charge in [-0.05, 0) is 133 Å². The van der Waals surface area contributed by atoms with Crippen LogP contribution in [0.3, 0.4) is 0 Å². The van der Waals surface area contributed by atoms with E-state index in [1.807, 2.05) is 12.1 Å². The summed E-state index contributed by atoms with van der Waals surface area (Å²) in [5.74, 6) is -12.5. The summed E-state index contributed by atoms with van der Waals surface area (Å²) in [5.41, 5.74) is 8.33. The van der Waals surface area contributed by atoms with E-state index in [1.165, 1.54) is 5.56 Å². The number of benzene rings is 6. The zero-order valence-corrected chi connectivity index (χ0v) is 69.4. The van der Waals surface area contributed by atoms with Gasteiger partial charge in [-0.2, -0.15) is 0 Å². The summed E-state index contributed by atoms with van der Waals surface area (Å²) in [4.78, 5) is 192. The summed E-state index contributed by atoms with van der Waals surface area (Å²) in [5, 5.41) is 70.6. The number of nitrogens with one attached hydrogen (secondary N) is 14.